The van der Waals surface area contributed by atoms with E-state index in [9.17, 15) is 0 Å². The van der Waals surface area contributed by atoms with Gasteiger partial charge in [0.25, 0.3) is 0 Å². The van der Waals surface area contributed by atoms with Crippen LogP contribution in [-0.4, -0.2) is 13.6 Å². The van der Waals surface area contributed by atoms with E-state index in [2.05, 4.69) is 43.6 Å². The Labute approximate surface area is 106 Å². The molecule has 1 aromatic rings. The monoisotopic (exact) mass is 231 g/mol. The Balaban J connectivity index is 2.28. The lowest BCUT2D eigenvalue weighted by Gasteiger charge is -2.33. The topological polar surface area (TPSA) is 12.0 Å². The van der Waals surface area contributed by atoms with Gasteiger partial charge in [-0.3, -0.25) is 0 Å². The lowest BCUT2D eigenvalue weighted by molar-refractivity contribution is 0.358. The molecule has 1 saturated carbocycles. The van der Waals surface area contributed by atoms with Crippen LogP contribution in [0, 0.1) is 6.92 Å². The number of nitrogens with one attached hydrogen (secondary N) is 1. The summed E-state index contributed by atoms with van der Waals surface area (Å²) in [4.78, 5) is 0. The number of hydrogen-bond acceptors (Lipinski definition) is 1. The van der Waals surface area contributed by atoms with Gasteiger partial charge >= 0.3 is 0 Å². The molecule has 2 rings (SSSR count). The van der Waals surface area contributed by atoms with Crippen molar-refractivity contribution in [3.8, 4) is 0 Å². The Bertz CT molecular complexity index is 331. The summed E-state index contributed by atoms with van der Waals surface area (Å²) in [5.74, 6) is 0. The first-order valence-electron chi connectivity index (χ1n) is 6.99. The van der Waals surface area contributed by atoms with E-state index in [4.69, 9.17) is 0 Å². The molecule has 17 heavy (non-hydrogen) atoms. The summed E-state index contributed by atoms with van der Waals surface area (Å²) in [5, 5.41) is 3.42. The fraction of sp³-hybridized carbons (Fsp3) is 0.625. The van der Waals surface area contributed by atoms with Crippen LogP contribution in [0.5, 0.6) is 0 Å². The van der Waals surface area contributed by atoms with Gasteiger partial charge in [0.15, 0.2) is 0 Å². The highest BCUT2D eigenvalue weighted by Gasteiger charge is 2.31. The molecule has 0 unspecified atom stereocenters. The first kappa shape index (κ1) is 12.6. The quantitative estimate of drug-likeness (QED) is 0.780. The van der Waals surface area contributed by atoms with E-state index >= 15 is 0 Å². The second-order valence-corrected chi connectivity index (χ2v) is 5.59. The van der Waals surface area contributed by atoms with Crippen molar-refractivity contribution in [2.24, 2.45) is 0 Å². The maximum absolute atomic E-state index is 3.42. The van der Waals surface area contributed by atoms with Crippen LogP contribution in [0.25, 0.3) is 0 Å². The molecule has 1 aromatic carbocycles. The summed E-state index contributed by atoms with van der Waals surface area (Å²) in [6, 6.07) is 9.21. The Morgan fingerprint density at radius 1 is 1.00 bits per heavy atom. The van der Waals surface area contributed by atoms with E-state index in [1.54, 1.807) is 5.56 Å². The van der Waals surface area contributed by atoms with E-state index in [0.29, 0.717) is 5.41 Å². The Kier molecular flexibility index (Phi) is 4.22. The predicted octanol–water partition coefficient (Wildman–Crippen LogP) is 3.81. The molecule has 1 fully saturated rings. The molecule has 94 valence electrons. The highest BCUT2D eigenvalue weighted by atomic mass is 14.8. The van der Waals surface area contributed by atoms with Crippen LogP contribution < -0.4 is 5.32 Å². The van der Waals surface area contributed by atoms with E-state index in [-0.39, 0.29) is 0 Å². The van der Waals surface area contributed by atoms with Gasteiger partial charge in [-0.25, -0.2) is 0 Å². The summed E-state index contributed by atoms with van der Waals surface area (Å²) >= 11 is 0. The van der Waals surface area contributed by atoms with Gasteiger partial charge in [0.1, 0.15) is 0 Å². The second kappa shape index (κ2) is 5.68. The first-order valence-corrected chi connectivity index (χ1v) is 6.99. The SMILES string of the molecule is CNCC1(c2ccc(C)cc2)CCCCCC1. The third-order valence-corrected chi connectivity index (χ3v) is 4.24. The number of rotatable bonds is 3. The predicted molar refractivity (Wildman–Crippen MR) is 74.5 cm³/mol. The summed E-state index contributed by atoms with van der Waals surface area (Å²) in [7, 11) is 2.08. The molecule has 0 aromatic heterocycles. The van der Waals surface area contributed by atoms with Crippen LogP contribution in [0.15, 0.2) is 24.3 Å². The summed E-state index contributed by atoms with van der Waals surface area (Å²) in [5.41, 5.74) is 3.29. The van der Waals surface area contributed by atoms with Gasteiger partial charge in [-0.05, 0) is 32.4 Å². The fourth-order valence-electron chi connectivity index (χ4n) is 3.22. The molecule has 0 aliphatic heterocycles. The molecule has 1 N–H and O–H groups in total. The summed E-state index contributed by atoms with van der Waals surface area (Å²) in [6.45, 7) is 3.29. The molecule has 0 radical (unpaired) electrons. The zero-order valence-corrected chi connectivity index (χ0v) is 11.3. The normalized spacial score (nSPS) is 19.9. The molecule has 0 amide bonds. The number of aryl methyl sites for hydroxylation is 1. The standard InChI is InChI=1S/C16H25N/c1-14-7-9-15(10-8-14)16(13-17-2)11-5-3-4-6-12-16/h7-10,17H,3-6,11-13H2,1-2H3. The van der Waals surface area contributed by atoms with Crippen LogP contribution in [-0.2, 0) is 5.41 Å². The van der Waals surface area contributed by atoms with Crippen LogP contribution in [0.1, 0.15) is 49.7 Å². The smallest absolute Gasteiger partial charge is 0.00776 e. The molecule has 1 nitrogen and oxygen atoms in total. The van der Waals surface area contributed by atoms with Crippen molar-refractivity contribution in [1.29, 1.82) is 0 Å². The first-order chi connectivity index (χ1) is 8.27. The van der Waals surface area contributed by atoms with Crippen molar-refractivity contribution >= 4 is 0 Å². The molecule has 0 bridgehead atoms. The number of benzene rings is 1. The van der Waals surface area contributed by atoms with E-state index in [0.717, 1.165) is 6.54 Å². The van der Waals surface area contributed by atoms with Crippen molar-refractivity contribution in [3.63, 3.8) is 0 Å². The van der Waals surface area contributed by atoms with Gasteiger partial charge in [-0.15, -0.1) is 0 Å². The Morgan fingerprint density at radius 2 is 1.59 bits per heavy atom. The third-order valence-electron chi connectivity index (χ3n) is 4.24. The van der Waals surface area contributed by atoms with Crippen molar-refractivity contribution in [2.75, 3.05) is 13.6 Å². The maximum atomic E-state index is 3.42. The zero-order chi connectivity index (χ0) is 12.1. The van der Waals surface area contributed by atoms with Gasteiger partial charge in [-0.2, -0.15) is 0 Å². The van der Waals surface area contributed by atoms with Gasteiger partial charge in [0.05, 0.1) is 0 Å². The summed E-state index contributed by atoms with van der Waals surface area (Å²) < 4.78 is 0. The largest absolute Gasteiger partial charge is 0.319 e. The molecule has 1 aliphatic rings. The lowest BCUT2D eigenvalue weighted by Crippen LogP contribution is -2.36. The van der Waals surface area contributed by atoms with Gasteiger partial charge in [0, 0.05) is 12.0 Å². The molecule has 0 atom stereocenters. The van der Waals surface area contributed by atoms with Crippen molar-refractivity contribution < 1.29 is 0 Å². The molecular weight excluding hydrogens is 206 g/mol. The van der Waals surface area contributed by atoms with Crippen molar-refractivity contribution in [1.82, 2.24) is 5.32 Å². The van der Waals surface area contributed by atoms with Crippen LogP contribution >= 0.6 is 0 Å². The van der Waals surface area contributed by atoms with Crippen LogP contribution in [0.2, 0.25) is 0 Å². The van der Waals surface area contributed by atoms with Crippen LogP contribution in [0.4, 0.5) is 0 Å². The Hall–Kier alpha value is -0.820. The number of likely N-dealkylation sites (N-methyl/N-ethyl adjacent to an activating group) is 1. The fourth-order valence-corrected chi connectivity index (χ4v) is 3.22. The third kappa shape index (κ3) is 2.90. The minimum absolute atomic E-state index is 0.388. The summed E-state index contributed by atoms with van der Waals surface area (Å²) in [6.07, 6.45) is 8.29. The minimum atomic E-state index is 0.388. The second-order valence-electron chi connectivity index (χ2n) is 5.59. The molecule has 1 aliphatic carbocycles. The molecule has 0 saturated heterocycles. The van der Waals surface area contributed by atoms with Gasteiger partial charge < -0.3 is 5.32 Å². The molecule has 0 heterocycles. The van der Waals surface area contributed by atoms with E-state index < -0.39 is 0 Å². The average molecular weight is 231 g/mol. The van der Waals surface area contributed by atoms with E-state index in [1.165, 1.54) is 44.1 Å². The molecule has 0 spiro atoms. The minimum Gasteiger partial charge on any atom is -0.319 e. The average Bonchev–Trinajstić information content (AvgIpc) is 2.57. The number of hydrogen-bond donors (Lipinski definition) is 1. The van der Waals surface area contributed by atoms with Gasteiger partial charge in [0.2, 0.25) is 0 Å². The molecule has 1 heteroatoms. The Morgan fingerprint density at radius 3 is 2.12 bits per heavy atom. The highest BCUT2D eigenvalue weighted by Crippen LogP contribution is 2.37. The molecular formula is C16H25N. The van der Waals surface area contributed by atoms with Crippen molar-refractivity contribution in [2.45, 2.75) is 50.9 Å². The zero-order valence-electron chi connectivity index (χ0n) is 11.3. The highest BCUT2D eigenvalue weighted by molar-refractivity contribution is 5.29. The van der Waals surface area contributed by atoms with E-state index in [1.807, 2.05) is 0 Å². The maximum Gasteiger partial charge on any atom is 0.00776 e. The van der Waals surface area contributed by atoms with Crippen molar-refractivity contribution in [3.05, 3.63) is 35.4 Å². The van der Waals surface area contributed by atoms with Crippen LogP contribution in [0.3, 0.4) is 0 Å². The van der Waals surface area contributed by atoms with Gasteiger partial charge in [-0.1, -0.05) is 55.5 Å². The lowest BCUT2D eigenvalue weighted by atomic mass is 9.74.